The van der Waals surface area contributed by atoms with Gasteiger partial charge < -0.3 is 15.0 Å². The molecule has 1 amide bonds. The summed E-state index contributed by atoms with van der Waals surface area (Å²) in [4.78, 5) is 17.6. The molecule has 1 saturated heterocycles. The predicted octanol–water partition coefficient (Wildman–Crippen LogP) is 2.01. The number of aryl methyl sites for hydroxylation is 2. The normalized spacial score (nSPS) is 19.5. The zero-order valence-electron chi connectivity index (χ0n) is 11.2. The Morgan fingerprint density at radius 2 is 2.33 bits per heavy atom. The second-order valence-corrected chi connectivity index (χ2v) is 5.17. The average Bonchev–Trinajstić information content (AvgIpc) is 2.92. The minimum absolute atomic E-state index is 0.112. The maximum absolute atomic E-state index is 12.5. The van der Waals surface area contributed by atoms with Crippen molar-refractivity contribution in [1.82, 2.24) is 9.88 Å². The smallest absolute Gasteiger partial charge is 0.270 e. The maximum atomic E-state index is 12.5. The summed E-state index contributed by atoms with van der Waals surface area (Å²) in [6, 6.07) is 2.30. The number of H-pyrrole nitrogens is 1. The van der Waals surface area contributed by atoms with Crippen molar-refractivity contribution in [2.75, 3.05) is 13.2 Å². The van der Waals surface area contributed by atoms with Crippen LogP contribution in [-0.4, -0.2) is 40.1 Å². The van der Waals surface area contributed by atoms with Gasteiger partial charge >= 0.3 is 0 Å². The third-order valence-electron chi connectivity index (χ3n) is 3.70. The largest absolute Gasteiger partial charge is 0.396 e. The van der Waals surface area contributed by atoms with E-state index in [-0.39, 0.29) is 12.5 Å². The highest BCUT2D eigenvalue weighted by atomic mass is 16.3. The van der Waals surface area contributed by atoms with Crippen LogP contribution in [0.25, 0.3) is 0 Å². The van der Waals surface area contributed by atoms with Gasteiger partial charge in [-0.3, -0.25) is 4.79 Å². The molecule has 4 nitrogen and oxygen atoms in total. The fourth-order valence-electron chi connectivity index (χ4n) is 2.82. The monoisotopic (exact) mass is 250 g/mol. The van der Waals surface area contributed by atoms with Gasteiger partial charge in [0.1, 0.15) is 5.69 Å². The number of carbonyl (C=O) groups excluding carboxylic acids is 1. The Bertz CT molecular complexity index is 425. The van der Waals surface area contributed by atoms with Gasteiger partial charge in [-0.05, 0) is 51.2 Å². The van der Waals surface area contributed by atoms with Crippen LogP contribution in [0.4, 0.5) is 0 Å². The van der Waals surface area contributed by atoms with E-state index in [9.17, 15) is 4.79 Å². The SMILES string of the molecule is Cc1cc(C)c(C(=O)N2CCCC2CCCO)[nH]1. The molecule has 2 rings (SSSR count). The first-order valence-corrected chi connectivity index (χ1v) is 6.71. The van der Waals surface area contributed by atoms with Crippen molar-refractivity contribution >= 4 is 5.91 Å². The zero-order valence-corrected chi connectivity index (χ0v) is 11.2. The average molecular weight is 250 g/mol. The minimum atomic E-state index is 0.112. The lowest BCUT2D eigenvalue weighted by atomic mass is 10.1. The summed E-state index contributed by atoms with van der Waals surface area (Å²) in [5, 5.41) is 8.91. The number of aromatic amines is 1. The van der Waals surface area contributed by atoms with Gasteiger partial charge in [0, 0.05) is 24.9 Å². The molecular formula is C14H22N2O2. The van der Waals surface area contributed by atoms with E-state index in [1.165, 1.54) is 0 Å². The van der Waals surface area contributed by atoms with Crippen molar-refractivity contribution < 1.29 is 9.90 Å². The molecule has 1 aliphatic heterocycles. The van der Waals surface area contributed by atoms with Crippen LogP contribution in [0.1, 0.15) is 47.4 Å². The molecular weight excluding hydrogens is 228 g/mol. The van der Waals surface area contributed by atoms with Crippen molar-refractivity contribution in [2.24, 2.45) is 0 Å². The highest BCUT2D eigenvalue weighted by molar-refractivity contribution is 5.94. The van der Waals surface area contributed by atoms with Crippen LogP contribution in [0, 0.1) is 13.8 Å². The number of amides is 1. The van der Waals surface area contributed by atoms with E-state index in [1.54, 1.807) is 0 Å². The Hall–Kier alpha value is -1.29. The molecule has 0 bridgehead atoms. The summed E-state index contributed by atoms with van der Waals surface area (Å²) in [5.74, 6) is 0.112. The van der Waals surface area contributed by atoms with Crippen LogP contribution in [0.3, 0.4) is 0 Å². The second-order valence-electron chi connectivity index (χ2n) is 5.17. The van der Waals surface area contributed by atoms with Crippen molar-refractivity contribution in [3.8, 4) is 0 Å². The number of aliphatic hydroxyl groups is 1. The molecule has 1 aliphatic rings. The Balaban J connectivity index is 2.10. The number of hydrogen-bond donors (Lipinski definition) is 2. The highest BCUT2D eigenvalue weighted by Gasteiger charge is 2.30. The van der Waals surface area contributed by atoms with Gasteiger partial charge in [-0.25, -0.2) is 0 Å². The van der Waals surface area contributed by atoms with Crippen molar-refractivity contribution in [2.45, 2.75) is 45.6 Å². The zero-order chi connectivity index (χ0) is 13.1. The third kappa shape index (κ3) is 2.58. The lowest BCUT2D eigenvalue weighted by Crippen LogP contribution is -2.36. The molecule has 0 aliphatic carbocycles. The van der Waals surface area contributed by atoms with E-state index < -0.39 is 0 Å². The summed E-state index contributed by atoms with van der Waals surface area (Å²) >= 11 is 0. The quantitative estimate of drug-likeness (QED) is 0.859. The molecule has 1 fully saturated rings. The van der Waals surface area contributed by atoms with Crippen LogP contribution in [0.5, 0.6) is 0 Å². The molecule has 1 atom stereocenters. The summed E-state index contributed by atoms with van der Waals surface area (Å²) in [6.45, 7) is 4.98. The predicted molar refractivity (Wildman–Crippen MR) is 70.6 cm³/mol. The van der Waals surface area contributed by atoms with Gasteiger partial charge in [-0.1, -0.05) is 0 Å². The van der Waals surface area contributed by atoms with E-state index in [0.29, 0.717) is 6.04 Å². The number of carbonyl (C=O) groups is 1. The Kier molecular flexibility index (Phi) is 4.07. The van der Waals surface area contributed by atoms with E-state index >= 15 is 0 Å². The van der Waals surface area contributed by atoms with Crippen molar-refractivity contribution in [3.63, 3.8) is 0 Å². The molecule has 0 spiro atoms. The number of nitrogens with zero attached hydrogens (tertiary/aromatic N) is 1. The van der Waals surface area contributed by atoms with Gasteiger partial charge in [-0.2, -0.15) is 0 Å². The molecule has 2 heterocycles. The fraction of sp³-hybridized carbons (Fsp3) is 0.643. The number of likely N-dealkylation sites (tertiary alicyclic amines) is 1. The first kappa shape index (κ1) is 13.1. The van der Waals surface area contributed by atoms with Gasteiger partial charge in [0.25, 0.3) is 5.91 Å². The molecule has 4 heteroatoms. The van der Waals surface area contributed by atoms with Gasteiger partial charge in [-0.15, -0.1) is 0 Å². The van der Waals surface area contributed by atoms with E-state index in [1.807, 2.05) is 24.8 Å². The minimum Gasteiger partial charge on any atom is -0.396 e. The van der Waals surface area contributed by atoms with E-state index in [4.69, 9.17) is 5.11 Å². The molecule has 1 aromatic rings. The molecule has 2 N–H and O–H groups in total. The first-order chi connectivity index (χ1) is 8.63. The number of nitrogens with one attached hydrogen (secondary N) is 1. The Morgan fingerprint density at radius 1 is 1.56 bits per heavy atom. The summed E-state index contributed by atoms with van der Waals surface area (Å²) in [5.41, 5.74) is 2.77. The molecule has 18 heavy (non-hydrogen) atoms. The van der Waals surface area contributed by atoms with Crippen molar-refractivity contribution in [3.05, 3.63) is 23.0 Å². The first-order valence-electron chi connectivity index (χ1n) is 6.71. The van der Waals surface area contributed by atoms with Crippen LogP contribution < -0.4 is 0 Å². The maximum Gasteiger partial charge on any atom is 0.270 e. The lowest BCUT2D eigenvalue weighted by molar-refractivity contribution is 0.0718. The second kappa shape index (κ2) is 5.57. The standard InChI is InChI=1S/C14H22N2O2/c1-10-9-11(2)15-13(10)14(18)16-7-3-5-12(16)6-4-8-17/h9,12,15,17H,3-8H2,1-2H3. The lowest BCUT2D eigenvalue weighted by Gasteiger charge is -2.24. The van der Waals surface area contributed by atoms with Gasteiger partial charge in [0.05, 0.1) is 0 Å². The van der Waals surface area contributed by atoms with Gasteiger partial charge in [0.15, 0.2) is 0 Å². The van der Waals surface area contributed by atoms with Crippen LogP contribution in [0.2, 0.25) is 0 Å². The van der Waals surface area contributed by atoms with Crippen LogP contribution in [0.15, 0.2) is 6.07 Å². The molecule has 0 saturated carbocycles. The molecule has 1 unspecified atom stereocenters. The molecule has 100 valence electrons. The number of hydrogen-bond acceptors (Lipinski definition) is 2. The van der Waals surface area contributed by atoms with Crippen LogP contribution >= 0.6 is 0 Å². The Morgan fingerprint density at radius 3 is 2.94 bits per heavy atom. The molecule has 0 radical (unpaired) electrons. The third-order valence-corrected chi connectivity index (χ3v) is 3.70. The molecule has 1 aromatic heterocycles. The number of aliphatic hydroxyl groups excluding tert-OH is 1. The topological polar surface area (TPSA) is 56.3 Å². The van der Waals surface area contributed by atoms with Crippen molar-refractivity contribution in [1.29, 1.82) is 0 Å². The summed E-state index contributed by atoms with van der Waals surface area (Å²) < 4.78 is 0. The van der Waals surface area contributed by atoms with Crippen LogP contribution in [-0.2, 0) is 0 Å². The van der Waals surface area contributed by atoms with Gasteiger partial charge in [0.2, 0.25) is 0 Å². The fourth-order valence-corrected chi connectivity index (χ4v) is 2.82. The van der Waals surface area contributed by atoms with E-state index in [2.05, 4.69) is 4.98 Å². The summed E-state index contributed by atoms with van der Waals surface area (Å²) in [7, 11) is 0. The number of aromatic nitrogens is 1. The highest BCUT2D eigenvalue weighted by Crippen LogP contribution is 2.24. The molecule has 0 aromatic carbocycles. The number of rotatable bonds is 4. The summed E-state index contributed by atoms with van der Waals surface area (Å²) in [6.07, 6.45) is 3.81. The Labute approximate surface area is 108 Å². The van der Waals surface area contributed by atoms with E-state index in [0.717, 1.165) is 49.2 Å².